The molecule has 186 valence electrons. The topological polar surface area (TPSA) is 201 Å². The molecule has 3 N–H and O–H groups in total. The van der Waals surface area contributed by atoms with Crippen molar-refractivity contribution in [2.24, 2.45) is 0 Å². The van der Waals surface area contributed by atoms with Crippen molar-refractivity contribution >= 4 is 23.3 Å². The van der Waals surface area contributed by atoms with Crippen LogP contribution in [-0.4, -0.2) is 76.3 Å². The van der Waals surface area contributed by atoms with E-state index in [0.29, 0.717) is 6.07 Å². The summed E-state index contributed by atoms with van der Waals surface area (Å²) in [5.74, 6) is -1.88. The van der Waals surface area contributed by atoms with E-state index in [0.717, 1.165) is 12.1 Å². The number of esters is 1. The van der Waals surface area contributed by atoms with Gasteiger partial charge in [-0.2, -0.15) is 0 Å². The molecular formula is C21H21N3O11. The maximum absolute atomic E-state index is 12.9. The molecule has 5 atom stereocenters. The highest BCUT2D eigenvalue weighted by Gasteiger charge is 2.48. The van der Waals surface area contributed by atoms with E-state index in [9.17, 15) is 40.0 Å². The van der Waals surface area contributed by atoms with Gasteiger partial charge in [-0.15, -0.1) is 0 Å². The number of hydrogen-bond donors (Lipinski definition) is 3. The fraction of sp³-hybridized carbons (Fsp3) is 0.333. The van der Waals surface area contributed by atoms with Crippen LogP contribution in [-0.2, 0) is 14.2 Å². The Morgan fingerprint density at radius 3 is 2.17 bits per heavy atom. The average molecular weight is 491 g/mol. The molecule has 14 heteroatoms. The van der Waals surface area contributed by atoms with E-state index in [1.807, 2.05) is 0 Å². The number of ether oxygens (including phenoxy) is 3. The van der Waals surface area contributed by atoms with Gasteiger partial charge in [-0.3, -0.25) is 25.0 Å². The molecule has 0 saturated carbocycles. The van der Waals surface area contributed by atoms with E-state index < -0.39 is 75.9 Å². The Hall–Kier alpha value is -3.98. The van der Waals surface area contributed by atoms with E-state index >= 15 is 0 Å². The summed E-state index contributed by atoms with van der Waals surface area (Å²) >= 11 is 0. The van der Waals surface area contributed by atoms with Crippen molar-refractivity contribution in [2.45, 2.75) is 30.6 Å². The number of non-ortho nitro benzene ring substituents is 2. The second-order valence-electron chi connectivity index (χ2n) is 7.44. The second-order valence-corrected chi connectivity index (χ2v) is 7.44. The number of nitrogens with one attached hydrogen (secondary N) is 1. The van der Waals surface area contributed by atoms with Crippen LogP contribution in [0.25, 0.3) is 0 Å². The highest BCUT2D eigenvalue weighted by atomic mass is 16.7. The highest BCUT2D eigenvalue weighted by Crippen LogP contribution is 2.27. The molecule has 0 spiro atoms. The van der Waals surface area contributed by atoms with Crippen molar-refractivity contribution in [1.82, 2.24) is 5.32 Å². The first-order chi connectivity index (χ1) is 16.7. The number of aliphatic hydroxyl groups excluding tert-OH is 2. The fourth-order valence-electron chi connectivity index (χ4n) is 3.50. The number of methoxy groups -OCH3 is 1. The summed E-state index contributed by atoms with van der Waals surface area (Å²) in [4.78, 5) is 46.1. The van der Waals surface area contributed by atoms with Crippen LogP contribution in [0, 0.1) is 20.2 Å². The van der Waals surface area contributed by atoms with Gasteiger partial charge in [0.2, 0.25) is 0 Å². The Morgan fingerprint density at radius 2 is 1.66 bits per heavy atom. The lowest BCUT2D eigenvalue weighted by Gasteiger charge is -2.43. The van der Waals surface area contributed by atoms with Crippen LogP contribution >= 0.6 is 0 Å². The van der Waals surface area contributed by atoms with Gasteiger partial charge < -0.3 is 29.7 Å². The number of nitrogens with zero attached hydrogens (tertiary/aromatic N) is 2. The van der Waals surface area contributed by atoms with Crippen molar-refractivity contribution in [3.05, 3.63) is 79.9 Å². The Bertz CT molecular complexity index is 1080. The molecule has 1 amide bonds. The molecule has 0 bridgehead atoms. The minimum atomic E-state index is -1.61. The lowest BCUT2D eigenvalue weighted by Crippen LogP contribution is -2.65. The second kappa shape index (κ2) is 11.0. The SMILES string of the molecule is CO[C@H]1O[C@H](CO)[C@@H](O)[C@H](OC(=O)c2ccccc2)[C@H]1NC(=O)c1cc([N+](=O)[O-])cc([N+](=O)[O-])c1. The zero-order chi connectivity index (χ0) is 25.7. The molecule has 2 aromatic carbocycles. The summed E-state index contributed by atoms with van der Waals surface area (Å²) in [7, 11) is 1.20. The van der Waals surface area contributed by atoms with E-state index in [1.165, 1.54) is 19.2 Å². The number of rotatable bonds is 8. The largest absolute Gasteiger partial charge is 0.453 e. The Labute approximate surface area is 197 Å². The quantitative estimate of drug-likeness (QED) is 0.264. The van der Waals surface area contributed by atoms with Crippen molar-refractivity contribution < 1.29 is 43.9 Å². The van der Waals surface area contributed by atoms with Gasteiger partial charge in [0.05, 0.1) is 33.6 Å². The number of nitro groups is 2. The summed E-state index contributed by atoms with van der Waals surface area (Å²) in [5, 5.41) is 44.9. The molecule has 0 aliphatic carbocycles. The maximum Gasteiger partial charge on any atom is 0.338 e. The molecule has 1 aliphatic rings. The van der Waals surface area contributed by atoms with Crippen LogP contribution in [0.4, 0.5) is 11.4 Å². The smallest absolute Gasteiger partial charge is 0.338 e. The molecule has 3 rings (SSSR count). The zero-order valence-corrected chi connectivity index (χ0v) is 18.2. The first-order valence-electron chi connectivity index (χ1n) is 10.1. The van der Waals surface area contributed by atoms with Crippen LogP contribution in [0.5, 0.6) is 0 Å². The molecule has 0 unspecified atom stereocenters. The first-order valence-corrected chi connectivity index (χ1v) is 10.1. The van der Waals surface area contributed by atoms with Gasteiger partial charge in [0.1, 0.15) is 18.2 Å². The minimum absolute atomic E-state index is 0.139. The number of carbonyl (C=O) groups excluding carboxylic acids is 2. The first kappa shape index (κ1) is 25.6. The lowest BCUT2D eigenvalue weighted by atomic mass is 9.96. The number of hydrogen-bond acceptors (Lipinski definition) is 11. The molecule has 1 fully saturated rings. The fourth-order valence-corrected chi connectivity index (χ4v) is 3.50. The standard InChI is InChI=1S/C21H21N3O11/c1-33-21-16(22-19(27)12-7-13(23(29)30)9-14(8-12)24(31)32)18(17(26)15(10-25)34-21)35-20(28)11-5-3-2-4-6-11/h2-9,15-18,21,25-26H,10H2,1H3,(H,22,27)/t15-,16-,17-,18-,21+/m1/s1. The Kier molecular flexibility index (Phi) is 8.03. The normalized spacial score (nSPS) is 23.8. The number of carbonyl (C=O) groups is 2. The minimum Gasteiger partial charge on any atom is -0.453 e. The van der Waals surface area contributed by atoms with Gasteiger partial charge in [0.15, 0.2) is 12.4 Å². The predicted molar refractivity (Wildman–Crippen MR) is 115 cm³/mol. The number of nitro benzene ring substituents is 2. The predicted octanol–water partition coefficient (Wildman–Crippen LogP) is 0.551. The van der Waals surface area contributed by atoms with Gasteiger partial charge in [0, 0.05) is 19.2 Å². The van der Waals surface area contributed by atoms with Crippen LogP contribution in [0.1, 0.15) is 20.7 Å². The third kappa shape index (κ3) is 5.75. The molecule has 1 aliphatic heterocycles. The summed E-state index contributed by atoms with van der Waals surface area (Å²) < 4.78 is 16.1. The van der Waals surface area contributed by atoms with Crippen molar-refractivity contribution in [1.29, 1.82) is 0 Å². The molecule has 1 heterocycles. The molecule has 0 radical (unpaired) electrons. The van der Waals surface area contributed by atoms with Crippen molar-refractivity contribution in [2.75, 3.05) is 13.7 Å². The molecular weight excluding hydrogens is 470 g/mol. The lowest BCUT2D eigenvalue weighted by molar-refractivity contribution is -0.394. The van der Waals surface area contributed by atoms with Crippen LogP contribution in [0.2, 0.25) is 0 Å². The molecule has 14 nitrogen and oxygen atoms in total. The van der Waals surface area contributed by atoms with Gasteiger partial charge in [-0.05, 0) is 12.1 Å². The summed E-state index contributed by atoms with van der Waals surface area (Å²) in [6, 6.07) is 8.74. The Balaban J connectivity index is 1.94. The van der Waals surface area contributed by atoms with Crippen LogP contribution in [0.3, 0.4) is 0 Å². The molecule has 35 heavy (non-hydrogen) atoms. The highest BCUT2D eigenvalue weighted by molar-refractivity contribution is 5.96. The zero-order valence-electron chi connectivity index (χ0n) is 18.2. The third-order valence-electron chi connectivity index (χ3n) is 5.22. The van der Waals surface area contributed by atoms with E-state index in [4.69, 9.17) is 14.2 Å². The third-order valence-corrected chi connectivity index (χ3v) is 5.22. The van der Waals surface area contributed by atoms with Crippen molar-refractivity contribution in [3.63, 3.8) is 0 Å². The van der Waals surface area contributed by atoms with Gasteiger partial charge in [-0.1, -0.05) is 18.2 Å². The maximum atomic E-state index is 12.9. The van der Waals surface area contributed by atoms with Crippen molar-refractivity contribution in [3.8, 4) is 0 Å². The molecule has 1 saturated heterocycles. The van der Waals surface area contributed by atoms with E-state index in [-0.39, 0.29) is 5.56 Å². The summed E-state index contributed by atoms with van der Waals surface area (Å²) in [6.45, 7) is -0.668. The van der Waals surface area contributed by atoms with Crippen LogP contribution in [0.15, 0.2) is 48.5 Å². The van der Waals surface area contributed by atoms with E-state index in [1.54, 1.807) is 18.2 Å². The summed E-state index contributed by atoms with van der Waals surface area (Å²) in [5.41, 5.74) is -1.69. The number of amides is 1. The van der Waals surface area contributed by atoms with Gasteiger partial charge in [0.25, 0.3) is 17.3 Å². The number of aliphatic hydroxyl groups is 2. The molecule has 0 aromatic heterocycles. The average Bonchev–Trinajstić information content (AvgIpc) is 2.86. The monoisotopic (exact) mass is 491 g/mol. The Morgan fingerprint density at radius 1 is 1.06 bits per heavy atom. The molecule has 2 aromatic rings. The number of benzene rings is 2. The van der Waals surface area contributed by atoms with Crippen LogP contribution < -0.4 is 5.32 Å². The van der Waals surface area contributed by atoms with Gasteiger partial charge >= 0.3 is 5.97 Å². The van der Waals surface area contributed by atoms with Gasteiger partial charge in [-0.25, -0.2) is 4.79 Å². The van der Waals surface area contributed by atoms with E-state index in [2.05, 4.69) is 5.32 Å². The summed E-state index contributed by atoms with van der Waals surface area (Å²) in [6.07, 6.45) is -5.66.